The van der Waals surface area contributed by atoms with E-state index in [9.17, 15) is 13.6 Å². The summed E-state index contributed by atoms with van der Waals surface area (Å²) in [6.45, 7) is 1.69. The average Bonchev–Trinajstić information content (AvgIpc) is 2.10. The molecule has 15 heavy (non-hydrogen) atoms. The SMILES string of the molecule is CC(N)CC(=O)Cc1cc(F)ccc1F. The summed E-state index contributed by atoms with van der Waals surface area (Å²) in [5.41, 5.74) is 5.51. The number of ketones is 1. The van der Waals surface area contributed by atoms with Gasteiger partial charge in [0.05, 0.1) is 0 Å². The monoisotopic (exact) mass is 213 g/mol. The summed E-state index contributed by atoms with van der Waals surface area (Å²) in [5, 5.41) is 0. The van der Waals surface area contributed by atoms with Gasteiger partial charge in [-0.1, -0.05) is 0 Å². The van der Waals surface area contributed by atoms with Crippen LogP contribution in [0, 0.1) is 11.6 Å². The fourth-order valence-electron chi connectivity index (χ4n) is 1.32. The van der Waals surface area contributed by atoms with Crippen LogP contribution in [0.4, 0.5) is 8.78 Å². The van der Waals surface area contributed by atoms with Crippen LogP contribution in [0.15, 0.2) is 18.2 Å². The summed E-state index contributed by atoms with van der Waals surface area (Å²) < 4.78 is 25.9. The predicted octanol–water partition coefficient (Wildman–Crippen LogP) is 1.81. The molecule has 0 aromatic heterocycles. The van der Waals surface area contributed by atoms with Gasteiger partial charge in [-0.15, -0.1) is 0 Å². The van der Waals surface area contributed by atoms with E-state index in [-0.39, 0.29) is 30.2 Å². The predicted molar refractivity (Wildman–Crippen MR) is 53.3 cm³/mol. The molecule has 0 fully saturated rings. The largest absolute Gasteiger partial charge is 0.328 e. The Hall–Kier alpha value is -1.29. The molecule has 1 aromatic rings. The number of hydrogen-bond donors (Lipinski definition) is 1. The molecule has 1 aromatic carbocycles. The Bertz CT molecular complexity index is 364. The lowest BCUT2D eigenvalue weighted by atomic mass is 10.0. The Labute approximate surface area is 87.1 Å². The molecular weight excluding hydrogens is 200 g/mol. The minimum absolute atomic E-state index is 0.0839. The summed E-state index contributed by atoms with van der Waals surface area (Å²) in [4.78, 5) is 11.3. The van der Waals surface area contributed by atoms with Crippen molar-refractivity contribution in [2.75, 3.05) is 0 Å². The minimum atomic E-state index is -0.561. The summed E-state index contributed by atoms with van der Waals surface area (Å²) in [6, 6.07) is 2.82. The van der Waals surface area contributed by atoms with Crippen molar-refractivity contribution < 1.29 is 13.6 Å². The van der Waals surface area contributed by atoms with Crippen LogP contribution < -0.4 is 5.73 Å². The van der Waals surface area contributed by atoms with Gasteiger partial charge < -0.3 is 5.73 Å². The van der Waals surface area contributed by atoms with Crippen LogP contribution in [0.2, 0.25) is 0 Å². The third-order valence-electron chi connectivity index (χ3n) is 1.95. The molecular formula is C11H13F2NO. The molecule has 0 aliphatic carbocycles. The zero-order valence-corrected chi connectivity index (χ0v) is 8.47. The Morgan fingerprint density at radius 3 is 2.73 bits per heavy atom. The maximum Gasteiger partial charge on any atom is 0.138 e. The highest BCUT2D eigenvalue weighted by Crippen LogP contribution is 2.11. The highest BCUT2D eigenvalue weighted by molar-refractivity contribution is 5.81. The molecule has 1 rings (SSSR count). The van der Waals surface area contributed by atoms with Crippen molar-refractivity contribution in [3.63, 3.8) is 0 Å². The molecule has 0 aliphatic heterocycles. The normalized spacial score (nSPS) is 12.5. The third kappa shape index (κ3) is 3.75. The van der Waals surface area contributed by atoms with E-state index >= 15 is 0 Å². The standard InChI is InChI=1S/C11H13F2NO/c1-7(14)4-10(15)6-8-5-9(12)2-3-11(8)13/h2-3,5,7H,4,6,14H2,1H3. The molecule has 0 saturated heterocycles. The van der Waals surface area contributed by atoms with E-state index < -0.39 is 11.6 Å². The summed E-state index contributed by atoms with van der Waals surface area (Å²) in [6.07, 6.45) is 0.0705. The fourth-order valence-corrected chi connectivity index (χ4v) is 1.32. The number of nitrogens with two attached hydrogens (primary N) is 1. The number of carbonyl (C=O) groups excluding carboxylic acids is 1. The van der Waals surface area contributed by atoms with Crippen LogP contribution in [0.3, 0.4) is 0 Å². The number of halogens is 2. The van der Waals surface area contributed by atoms with E-state index in [1.165, 1.54) is 0 Å². The van der Waals surface area contributed by atoms with Crippen molar-refractivity contribution in [1.82, 2.24) is 0 Å². The zero-order chi connectivity index (χ0) is 11.4. The first kappa shape index (κ1) is 11.8. The maximum atomic E-state index is 13.1. The topological polar surface area (TPSA) is 43.1 Å². The summed E-state index contributed by atoms with van der Waals surface area (Å²) >= 11 is 0. The minimum Gasteiger partial charge on any atom is -0.328 e. The van der Waals surface area contributed by atoms with Crippen molar-refractivity contribution in [3.8, 4) is 0 Å². The van der Waals surface area contributed by atoms with E-state index in [0.717, 1.165) is 18.2 Å². The molecule has 0 bridgehead atoms. The van der Waals surface area contributed by atoms with E-state index in [0.29, 0.717) is 0 Å². The second kappa shape index (κ2) is 4.98. The molecule has 4 heteroatoms. The molecule has 0 aliphatic rings. The van der Waals surface area contributed by atoms with Gasteiger partial charge in [0, 0.05) is 18.9 Å². The second-order valence-corrected chi connectivity index (χ2v) is 3.63. The first-order valence-corrected chi connectivity index (χ1v) is 4.70. The van der Waals surface area contributed by atoms with Gasteiger partial charge in [0.15, 0.2) is 0 Å². The van der Waals surface area contributed by atoms with Crippen LogP contribution >= 0.6 is 0 Å². The van der Waals surface area contributed by atoms with Gasteiger partial charge in [-0.3, -0.25) is 4.79 Å². The first-order chi connectivity index (χ1) is 6.99. The highest BCUT2D eigenvalue weighted by Gasteiger charge is 2.10. The lowest BCUT2D eigenvalue weighted by Crippen LogP contribution is -2.20. The summed E-state index contributed by atoms with van der Waals surface area (Å²) in [7, 11) is 0. The zero-order valence-electron chi connectivity index (χ0n) is 8.47. The smallest absolute Gasteiger partial charge is 0.138 e. The van der Waals surface area contributed by atoms with Crippen molar-refractivity contribution in [1.29, 1.82) is 0 Å². The van der Waals surface area contributed by atoms with Crippen molar-refractivity contribution in [3.05, 3.63) is 35.4 Å². The van der Waals surface area contributed by atoms with E-state index in [4.69, 9.17) is 5.73 Å². The van der Waals surface area contributed by atoms with Gasteiger partial charge in [0.2, 0.25) is 0 Å². The molecule has 0 saturated carbocycles. The molecule has 0 amide bonds. The number of Topliss-reactive ketones (excluding diaryl/α,β-unsaturated/α-hetero) is 1. The highest BCUT2D eigenvalue weighted by atomic mass is 19.1. The molecule has 2 nitrogen and oxygen atoms in total. The third-order valence-corrected chi connectivity index (χ3v) is 1.95. The van der Waals surface area contributed by atoms with Crippen LogP contribution in [-0.4, -0.2) is 11.8 Å². The lowest BCUT2D eigenvalue weighted by molar-refractivity contribution is -0.118. The first-order valence-electron chi connectivity index (χ1n) is 4.70. The van der Waals surface area contributed by atoms with Crippen molar-refractivity contribution in [2.45, 2.75) is 25.8 Å². The van der Waals surface area contributed by atoms with Gasteiger partial charge in [-0.25, -0.2) is 8.78 Å². The van der Waals surface area contributed by atoms with Crippen LogP contribution in [0.25, 0.3) is 0 Å². The molecule has 0 radical (unpaired) electrons. The van der Waals surface area contributed by atoms with Crippen LogP contribution in [-0.2, 0) is 11.2 Å². The number of rotatable bonds is 4. The van der Waals surface area contributed by atoms with Crippen molar-refractivity contribution >= 4 is 5.78 Å². The Balaban J connectivity index is 2.71. The second-order valence-electron chi connectivity index (χ2n) is 3.63. The molecule has 82 valence electrons. The number of carbonyl (C=O) groups is 1. The molecule has 1 unspecified atom stereocenters. The van der Waals surface area contributed by atoms with E-state index in [2.05, 4.69) is 0 Å². The van der Waals surface area contributed by atoms with Gasteiger partial charge in [-0.05, 0) is 30.7 Å². The quantitative estimate of drug-likeness (QED) is 0.828. The molecule has 0 heterocycles. The Kier molecular flexibility index (Phi) is 3.91. The number of hydrogen-bond acceptors (Lipinski definition) is 2. The van der Waals surface area contributed by atoms with Crippen LogP contribution in [0.5, 0.6) is 0 Å². The Morgan fingerprint density at radius 2 is 2.13 bits per heavy atom. The fraction of sp³-hybridized carbons (Fsp3) is 0.364. The average molecular weight is 213 g/mol. The van der Waals surface area contributed by atoms with Gasteiger partial charge in [-0.2, -0.15) is 0 Å². The molecule has 1 atom stereocenters. The molecule has 2 N–H and O–H groups in total. The van der Waals surface area contributed by atoms with Gasteiger partial charge in [0.1, 0.15) is 17.4 Å². The summed E-state index contributed by atoms with van der Waals surface area (Å²) in [5.74, 6) is -1.29. The maximum absolute atomic E-state index is 13.1. The van der Waals surface area contributed by atoms with Gasteiger partial charge >= 0.3 is 0 Å². The lowest BCUT2D eigenvalue weighted by Gasteiger charge is -2.05. The van der Waals surface area contributed by atoms with E-state index in [1.807, 2.05) is 0 Å². The van der Waals surface area contributed by atoms with Crippen LogP contribution in [0.1, 0.15) is 18.9 Å². The van der Waals surface area contributed by atoms with E-state index in [1.54, 1.807) is 6.92 Å². The molecule has 0 spiro atoms. The Morgan fingerprint density at radius 1 is 1.47 bits per heavy atom. The number of benzene rings is 1. The van der Waals surface area contributed by atoms with Crippen molar-refractivity contribution in [2.24, 2.45) is 5.73 Å². The van der Waals surface area contributed by atoms with Gasteiger partial charge in [0.25, 0.3) is 0 Å².